The molecule has 0 spiro atoms. The Hall–Kier alpha value is -0.570. The van der Waals surface area contributed by atoms with Gasteiger partial charge in [0.2, 0.25) is 0 Å². The van der Waals surface area contributed by atoms with Crippen LogP contribution in [0.1, 0.15) is 71.6 Å². The Morgan fingerprint density at radius 3 is 2.29 bits per heavy atom. The first-order valence-electron chi connectivity index (χ1n) is 7.04. The van der Waals surface area contributed by atoms with Gasteiger partial charge >= 0.3 is 5.97 Å². The lowest BCUT2D eigenvalue weighted by atomic mass is 10.1. The van der Waals surface area contributed by atoms with Crippen molar-refractivity contribution in [3.05, 3.63) is 0 Å². The normalized spacial score (nSPS) is 12.4. The number of unbranched alkanes of at least 4 members (excludes halogenated alkanes) is 5. The zero-order valence-corrected chi connectivity index (χ0v) is 11.4. The number of rotatable bonds is 11. The molecule has 102 valence electrons. The van der Waals surface area contributed by atoms with Crippen LogP contribution >= 0.6 is 0 Å². The molecule has 1 N–H and O–H groups in total. The molecule has 0 saturated heterocycles. The average Bonchev–Trinajstić information content (AvgIpc) is 2.33. The Morgan fingerprint density at radius 1 is 1.06 bits per heavy atom. The van der Waals surface area contributed by atoms with E-state index in [0.29, 0.717) is 6.42 Å². The summed E-state index contributed by atoms with van der Waals surface area (Å²) in [5.41, 5.74) is 0. The number of hydrogen-bond acceptors (Lipinski definition) is 3. The predicted molar refractivity (Wildman–Crippen MR) is 69.9 cm³/mol. The molecule has 1 unspecified atom stereocenters. The molecule has 0 aromatic heterocycles. The number of aliphatic hydroxyl groups is 1. The molecule has 0 aliphatic rings. The minimum atomic E-state index is -0.291. The minimum absolute atomic E-state index is 0.0500. The topological polar surface area (TPSA) is 46.5 Å². The van der Waals surface area contributed by atoms with Gasteiger partial charge in [0.1, 0.15) is 6.10 Å². The lowest BCUT2D eigenvalue weighted by Crippen LogP contribution is -2.21. The molecule has 3 heteroatoms. The van der Waals surface area contributed by atoms with Crippen LogP contribution < -0.4 is 0 Å². The van der Waals surface area contributed by atoms with E-state index in [4.69, 9.17) is 9.84 Å². The molecule has 1 atom stereocenters. The summed E-state index contributed by atoms with van der Waals surface area (Å²) >= 11 is 0. The zero-order chi connectivity index (χ0) is 12.9. The lowest BCUT2D eigenvalue weighted by Gasteiger charge is -2.15. The largest absolute Gasteiger partial charge is 0.460 e. The van der Waals surface area contributed by atoms with Gasteiger partial charge in [-0.15, -0.1) is 0 Å². The van der Waals surface area contributed by atoms with Gasteiger partial charge < -0.3 is 9.84 Å². The molecule has 0 radical (unpaired) electrons. The van der Waals surface area contributed by atoms with E-state index in [1.54, 1.807) is 0 Å². The molecular formula is C14H28O3. The Morgan fingerprint density at radius 2 is 1.71 bits per heavy atom. The summed E-state index contributed by atoms with van der Waals surface area (Å²) < 4.78 is 5.24. The van der Waals surface area contributed by atoms with Gasteiger partial charge in [0.05, 0.1) is 6.61 Å². The molecule has 17 heavy (non-hydrogen) atoms. The van der Waals surface area contributed by atoms with Gasteiger partial charge in [-0.3, -0.25) is 4.79 Å². The fraction of sp³-hybridized carbons (Fsp3) is 0.929. The van der Waals surface area contributed by atoms with Gasteiger partial charge in [0.15, 0.2) is 0 Å². The smallest absolute Gasteiger partial charge is 0.306 e. The van der Waals surface area contributed by atoms with Crippen molar-refractivity contribution in [3.63, 3.8) is 0 Å². The van der Waals surface area contributed by atoms with E-state index < -0.39 is 0 Å². The second-order valence-corrected chi connectivity index (χ2v) is 4.60. The molecule has 0 aromatic rings. The van der Waals surface area contributed by atoms with E-state index in [1.807, 2.05) is 0 Å². The highest BCUT2D eigenvalue weighted by molar-refractivity contribution is 5.69. The molecule has 0 aliphatic carbocycles. The third-order valence-corrected chi connectivity index (χ3v) is 2.87. The fourth-order valence-electron chi connectivity index (χ4n) is 1.75. The van der Waals surface area contributed by atoms with Crippen molar-refractivity contribution < 1.29 is 14.6 Å². The molecule has 0 rings (SSSR count). The summed E-state index contributed by atoms with van der Waals surface area (Å²) in [5, 5.41) is 9.13. The quantitative estimate of drug-likeness (QED) is 0.447. The summed E-state index contributed by atoms with van der Waals surface area (Å²) in [6, 6.07) is 0. The maximum Gasteiger partial charge on any atom is 0.306 e. The SMILES string of the molecule is CCCCCCC(CO)OC(=O)CCCCC. The Labute approximate surface area is 106 Å². The maximum absolute atomic E-state index is 11.4. The first-order chi connectivity index (χ1) is 8.24. The van der Waals surface area contributed by atoms with Crippen LogP contribution in [-0.4, -0.2) is 23.8 Å². The summed E-state index contributed by atoms with van der Waals surface area (Å²) in [7, 11) is 0. The molecule has 0 aliphatic heterocycles. The van der Waals surface area contributed by atoms with Crippen molar-refractivity contribution in [2.75, 3.05) is 6.61 Å². The molecule has 3 nitrogen and oxygen atoms in total. The van der Waals surface area contributed by atoms with Crippen LogP contribution in [0.3, 0.4) is 0 Å². The molecule has 0 heterocycles. The molecule has 0 bridgehead atoms. The standard InChI is InChI=1S/C14H28O3/c1-3-5-7-9-10-13(12-15)17-14(16)11-8-6-4-2/h13,15H,3-12H2,1-2H3. The molecule has 0 fully saturated rings. The number of ether oxygens (including phenoxy) is 1. The van der Waals surface area contributed by atoms with Gasteiger partial charge in [-0.25, -0.2) is 0 Å². The van der Waals surface area contributed by atoms with E-state index in [-0.39, 0.29) is 18.7 Å². The number of aliphatic hydroxyl groups excluding tert-OH is 1. The van der Waals surface area contributed by atoms with E-state index in [0.717, 1.165) is 38.5 Å². The van der Waals surface area contributed by atoms with Gasteiger partial charge in [-0.05, 0) is 19.3 Å². The Kier molecular flexibility index (Phi) is 11.5. The third-order valence-electron chi connectivity index (χ3n) is 2.87. The van der Waals surface area contributed by atoms with E-state index >= 15 is 0 Å². The lowest BCUT2D eigenvalue weighted by molar-refractivity contribution is -0.151. The third kappa shape index (κ3) is 10.3. The summed E-state index contributed by atoms with van der Waals surface area (Å²) in [6.45, 7) is 4.22. The highest BCUT2D eigenvalue weighted by Crippen LogP contribution is 2.10. The van der Waals surface area contributed by atoms with Gasteiger partial charge in [0.25, 0.3) is 0 Å². The maximum atomic E-state index is 11.4. The predicted octanol–water partition coefficient (Wildman–Crippen LogP) is 3.44. The first kappa shape index (κ1) is 16.4. The summed E-state index contributed by atoms with van der Waals surface area (Å²) in [4.78, 5) is 11.4. The van der Waals surface area contributed by atoms with Crippen molar-refractivity contribution in [3.8, 4) is 0 Å². The molecular weight excluding hydrogens is 216 g/mol. The van der Waals surface area contributed by atoms with Crippen molar-refractivity contribution in [1.82, 2.24) is 0 Å². The molecule has 0 saturated carbocycles. The fourth-order valence-corrected chi connectivity index (χ4v) is 1.75. The van der Waals surface area contributed by atoms with Crippen LogP contribution in [0.25, 0.3) is 0 Å². The van der Waals surface area contributed by atoms with Crippen LogP contribution in [0.5, 0.6) is 0 Å². The van der Waals surface area contributed by atoms with Crippen molar-refractivity contribution in [2.45, 2.75) is 77.7 Å². The van der Waals surface area contributed by atoms with Gasteiger partial charge in [0, 0.05) is 6.42 Å². The second kappa shape index (κ2) is 11.9. The van der Waals surface area contributed by atoms with Crippen molar-refractivity contribution >= 4 is 5.97 Å². The van der Waals surface area contributed by atoms with Crippen molar-refractivity contribution in [2.24, 2.45) is 0 Å². The van der Waals surface area contributed by atoms with E-state index in [2.05, 4.69) is 13.8 Å². The highest BCUT2D eigenvalue weighted by atomic mass is 16.5. The monoisotopic (exact) mass is 244 g/mol. The average molecular weight is 244 g/mol. The highest BCUT2D eigenvalue weighted by Gasteiger charge is 2.12. The van der Waals surface area contributed by atoms with Gasteiger partial charge in [-0.1, -0.05) is 46.0 Å². The number of carbonyl (C=O) groups excluding carboxylic acids is 1. The molecule has 0 aromatic carbocycles. The van der Waals surface area contributed by atoms with Crippen LogP contribution in [0.15, 0.2) is 0 Å². The van der Waals surface area contributed by atoms with Crippen LogP contribution in [0.2, 0.25) is 0 Å². The second-order valence-electron chi connectivity index (χ2n) is 4.60. The molecule has 0 amide bonds. The van der Waals surface area contributed by atoms with Crippen molar-refractivity contribution in [1.29, 1.82) is 0 Å². The Balaban J connectivity index is 3.60. The van der Waals surface area contributed by atoms with E-state index in [9.17, 15) is 4.79 Å². The van der Waals surface area contributed by atoms with Crippen LogP contribution in [-0.2, 0) is 9.53 Å². The summed E-state index contributed by atoms with van der Waals surface area (Å²) in [5.74, 6) is -0.159. The number of hydrogen-bond donors (Lipinski definition) is 1. The van der Waals surface area contributed by atoms with E-state index in [1.165, 1.54) is 12.8 Å². The number of carbonyl (C=O) groups is 1. The number of esters is 1. The summed E-state index contributed by atoms with van der Waals surface area (Å²) in [6.07, 6.45) is 8.63. The van der Waals surface area contributed by atoms with Crippen LogP contribution in [0, 0.1) is 0 Å². The van der Waals surface area contributed by atoms with Gasteiger partial charge in [-0.2, -0.15) is 0 Å². The van der Waals surface area contributed by atoms with Crippen LogP contribution in [0.4, 0.5) is 0 Å². The first-order valence-corrected chi connectivity index (χ1v) is 7.04. The Bertz CT molecular complexity index is 180. The minimum Gasteiger partial charge on any atom is -0.460 e. The zero-order valence-electron chi connectivity index (χ0n) is 11.4.